The number of nitrogens with zero attached hydrogens (tertiary/aromatic N) is 6. The van der Waals surface area contributed by atoms with Crippen LogP contribution in [0.25, 0.3) is 10.2 Å². The molecule has 1 aliphatic rings. The van der Waals surface area contributed by atoms with Gasteiger partial charge in [-0.3, -0.25) is 0 Å². The first kappa shape index (κ1) is 21.5. The Labute approximate surface area is 198 Å². The lowest BCUT2D eigenvalue weighted by Gasteiger charge is -2.27. The van der Waals surface area contributed by atoms with Crippen LogP contribution in [0.2, 0.25) is 0 Å². The molecule has 0 unspecified atom stereocenters. The molecule has 0 atom stereocenters. The molecule has 33 heavy (non-hydrogen) atoms. The first-order valence-corrected chi connectivity index (χ1v) is 12.3. The van der Waals surface area contributed by atoms with Gasteiger partial charge < -0.3 is 20.2 Å². The minimum absolute atomic E-state index is 0.0996. The van der Waals surface area contributed by atoms with Crippen LogP contribution >= 0.6 is 22.7 Å². The van der Waals surface area contributed by atoms with Gasteiger partial charge in [-0.25, -0.2) is 14.8 Å². The van der Waals surface area contributed by atoms with Gasteiger partial charge >= 0.3 is 5.97 Å². The molecule has 0 spiro atoms. The number of carbonyl (C=O) groups is 1. The topological polar surface area (TPSA) is 107 Å². The van der Waals surface area contributed by atoms with Crippen molar-refractivity contribution in [3.05, 3.63) is 41.6 Å². The van der Waals surface area contributed by atoms with Gasteiger partial charge in [-0.1, -0.05) is 34.8 Å². The molecule has 3 aromatic heterocycles. The predicted octanol–water partition coefficient (Wildman–Crippen LogP) is 5.05. The van der Waals surface area contributed by atoms with E-state index in [1.54, 1.807) is 16.2 Å². The molecule has 1 aromatic carbocycles. The zero-order chi connectivity index (χ0) is 22.9. The molecule has 0 saturated carbocycles. The fourth-order valence-corrected chi connectivity index (χ4v) is 5.73. The first-order valence-electron chi connectivity index (χ1n) is 10.7. The van der Waals surface area contributed by atoms with Crippen LogP contribution in [0.4, 0.5) is 26.9 Å². The number of benzene rings is 1. The minimum Gasteiger partial charge on any atom is -0.476 e. The maximum Gasteiger partial charge on any atom is 0.357 e. The largest absolute Gasteiger partial charge is 0.476 e. The van der Waals surface area contributed by atoms with Gasteiger partial charge in [0.05, 0.1) is 10.2 Å². The van der Waals surface area contributed by atoms with E-state index in [0.29, 0.717) is 21.8 Å². The zero-order valence-electron chi connectivity index (χ0n) is 18.3. The van der Waals surface area contributed by atoms with E-state index >= 15 is 0 Å². The van der Waals surface area contributed by atoms with Crippen molar-refractivity contribution >= 4 is 65.8 Å². The van der Waals surface area contributed by atoms with Crippen LogP contribution in [0.15, 0.2) is 30.3 Å². The van der Waals surface area contributed by atoms with Crippen molar-refractivity contribution in [3.8, 4) is 0 Å². The third-order valence-electron chi connectivity index (χ3n) is 5.57. The van der Waals surface area contributed by atoms with E-state index in [-0.39, 0.29) is 5.69 Å². The van der Waals surface area contributed by atoms with E-state index < -0.39 is 5.97 Å². The lowest BCUT2D eigenvalue weighted by atomic mass is 10.1. The van der Waals surface area contributed by atoms with Gasteiger partial charge in [-0.2, -0.15) is 0 Å². The van der Waals surface area contributed by atoms with Crippen molar-refractivity contribution in [2.75, 3.05) is 35.3 Å². The molecule has 2 N–H and O–H groups in total. The van der Waals surface area contributed by atoms with Crippen LogP contribution in [0.3, 0.4) is 0 Å². The van der Waals surface area contributed by atoms with Crippen molar-refractivity contribution in [1.29, 1.82) is 0 Å². The molecule has 0 radical (unpaired) electrons. The monoisotopic (exact) mass is 481 g/mol. The third-order valence-corrected chi connectivity index (χ3v) is 7.71. The number of piperidine rings is 1. The van der Waals surface area contributed by atoms with E-state index in [2.05, 4.69) is 30.4 Å². The third kappa shape index (κ3) is 4.33. The number of fused-ring (bicyclic) bond motifs is 1. The first-order chi connectivity index (χ1) is 16.0. The molecule has 1 saturated heterocycles. The Morgan fingerprint density at radius 1 is 1.12 bits per heavy atom. The smallest absolute Gasteiger partial charge is 0.357 e. The normalized spacial score (nSPS) is 13.9. The fraction of sp³-hybridized carbons (Fsp3) is 0.318. The second-order valence-corrected chi connectivity index (χ2v) is 9.89. The summed E-state index contributed by atoms with van der Waals surface area (Å²) >= 11 is 2.94. The Kier molecular flexibility index (Phi) is 5.81. The van der Waals surface area contributed by atoms with E-state index in [1.165, 1.54) is 17.8 Å². The summed E-state index contributed by atoms with van der Waals surface area (Å²) in [5.41, 5.74) is 1.94. The van der Waals surface area contributed by atoms with Crippen molar-refractivity contribution in [2.45, 2.75) is 26.2 Å². The molecular formula is C22H23N7O2S2. The number of anilines is 5. The van der Waals surface area contributed by atoms with Gasteiger partial charge in [0.1, 0.15) is 5.00 Å². The number of carboxylic acids is 1. The Bertz CT molecular complexity index is 1280. The van der Waals surface area contributed by atoms with Gasteiger partial charge in [0.2, 0.25) is 0 Å². The number of hydrogen-bond acceptors (Lipinski definition) is 10. The number of rotatable bonds is 6. The molecule has 11 heteroatoms. The van der Waals surface area contributed by atoms with Crippen LogP contribution in [0.5, 0.6) is 0 Å². The Balaban J connectivity index is 1.39. The fourth-order valence-electron chi connectivity index (χ4n) is 3.78. The summed E-state index contributed by atoms with van der Waals surface area (Å²) in [4.78, 5) is 24.7. The SMILES string of the molecule is Cc1cc(N(C)c2nc(C(=O)O)c(N3CCCCC3)s2)nnc1Nc1nc2ccccc2s1. The van der Waals surface area contributed by atoms with Crippen LogP contribution in [-0.4, -0.2) is 51.4 Å². The number of aromatic nitrogens is 4. The van der Waals surface area contributed by atoms with E-state index in [0.717, 1.165) is 46.8 Å². The van der Waals surface area contributed by atoms with E-state index in [9.17, 15) is 9.90 Å². The number of aromatic carboxylic acids is 1. The molecular weight excluding hydrogens is 458 g/mol. The summed E-state index contributed by atoms with van der Waals surface area (Å²) in [5, 5.41) is 23.7. The molecule has 4 aromatic rings. The van der Waals surface area contributed by atoms with Gasteiger partial charge in [-0.05, 0) is 49.9 Å². The highest BCUT2D eigenvalue weighted by molar-refractivity contribution is 7.22. The molecule has 9 nitrogen and oxygen atoms in total. The Morgan fingerprint density at radius 2 is 1.91 bits per heavy atom. The average Bonchev–Trinajstić information content (AvgIpc) is 3.45. The lowest BCUT2D eigenvalue weighted by Crippen LogP contribution is -2.29. The molecule has 1 aliphatic heterocycles. The summed E-state index contributed by atoms with van der Waals surface area (Å²) in [6.45, 7) is 3.67. The van der Waals surface area contributed by atoms with Gasteiger partial charge in [0.15, 0.2) is 27.6 Å². The second kappa shape index (κ2) is 8.91. The average molecular weight is 482 g/mol. The van der Waals surface area contributed by atoms with Crippen LogP contribution in [0.1, 0.15) is 35.3 Å². The number of aryl methyl sites for hydroxylation is 1. The number of para-hydroxylation sites is 1. The molecule has 170 valence electrons. The molecule has 1 fully saturated rings. The Hall–Kier alpha value is -3.31. The molecule has 0 aliphatic carbocycles. The highest BCUT2D eigenvalue weighted by Crippen LogP contribution is 2.37. The zero-order valence-corrected chi connectivity index (χ0v) is 19.9. The maximum absolute atomic E-state index is 11.8. The summed E-state index contributed by atoms with van der Waals surface area (Å²) in [6.07, 6.45) is 3.31. The predicted molar refractivity (Wildman–Crippen MR) is 133 cm³/mol. The Morgan fingerprint density at radius 3 is 2.64 bits per heavy atom. The van der Waals surface area contributed by atoms with Crippen molar-refractivity contribution in [2.24, 2.45) is 0 Å². The summed E-state index contributed by atoms with van der Waals surface area (Å²) in [6, 6.07) is 9.88. The standard InChI is InChI=1S/C22H23N7O2S2/c1-13-12-16(26-27-18(13)25-21-23-14-8-4-5-9-15(14)32-21)28(2)22-24-17(20(30)31)19(33-22)29-10-6-3-7-11-29/h4-5,8-9,12H,3,6-7,10-11H2,1-2H3,(H,30,31)(H,23,25,27). The molecule has 0 bridgehead atoms. The van der Waals surface area contributed by atoms with Gasteiger partial charge in [0.25, 0.3) is 0 Å². The quantitative estimate of drug-likeness (QED) is 0.391. The maximum atomic E-state index is 11.8. The van der Waals surface area contributed by atoms with E-state index in [4.69, 9.17) is 0 Å². The van der Waals surface area contributed by atoms with Crippen molar-refractivity contribution in [3.63, 3.8) is 0 Å². The number of hydrogen-bond donors (Lipinski definition) is 2. The van der Waals surface area contributed by atoms with Crippen LogP contribution in [0, 0.1) is 6.92 Å². The minimum atomic E-state index is -1.01. The van der Waals surface area contributed by atoms with Crippen molar-refractivity contribution in [1.82, 2.24) is 20.2 Å². The summed E-state index contributed by atoms with van der Waals surface area (Å²) in [5.74, 6) is 0.216. The molecule has 0 amide bonds. The highest BCUT2D eigenvalue weighted by Gasteiger charge is 2.25. The van der Waals surface area contributed by atoms with Crippen molar-refractivity contribution < 1.29 is 9.90 Å². The van der Waals surface area contributed by atoms with Crippen LogP contribution < -0.4 is 15.1 Å². The van der Waals surface area contributed by atoms with E-state index in [1.807, 2.05) is 44.3 Å². The van der Waals surface area contributed by atoms with Gasteiger partial charge in [-0.15, -0.1) is 10.2 Å². The highest BCUT2D eigenvalue weighted by atomic mass is 32.1. The number of carboxylic acid groups (broad SMARTS) is 1. The molecule has 4 heterocycles. The number of thiazole rings is 2. The summed E-state index contributed by atoms with van der Waals surface area (Å²) < 4.78 is 1.10. The summed E-state index contributed by atoms with van der Waals surface area (Å²) in [7, 11) is 1.83. The second-order valence-electron chi connectivity index (χ2n) is 7.91. The lowest BCUT2D eigenvalue weighted by molar-refractivity contribution is 0.0692. The van der Waals surface area contributed by atoms with Gasteiger partial charge in [0, 0.05) is 20.1 Å². The van der Waals surface area contributed by atoms with Crippen LogP contribution in [-0.2, 0) is 0 Å². The number of nitrogens with one attached hydrogen (secondary N) is 1. The molecule has 5 rings (SSSR count).